The number of aryl methyl sites for hydroxylation is 1. The van der Waals surface area contributed by atoms with Gasteiger partial charge in [0.15, 0.2) is 0 Å². The van der Waals surface area contributed by atoms with Crippen LogP contribution in [0.3, 0.4) is 0 Å². The molecule has 1 N–H and O–H groups in total. The number of aromatic nitrogens is 2. The number of nitrogens with zero attached hydrogens (tertiary/aromatic N) is 4. The van der Waals surface area contributed by atoms with Gasteiger partial charge in [0, 0.05) is 57.2 Å². The van der Waals surface area contributed by atoms with Gasteiger partial charge in [-0.05, 0) is 25.5 Å². The van der Waals surface area contributed by atoms with Crippen LogP contribution in [0.15, 0.2) is 36.7 Å². The molecule has 1 saturated heterocycles. The summed E-state index contributed by atoms with van der Waals surface area (Å²) in [7, 11) is 2.16. The number of hydrogen-bond acceptors (Lipinski definition) is 5. The van der Waals surface area contributed by atoms with E-state index in [9.17, 15) is 0 Å². The first kappa shape index (κ1) is 17.8. The SMILES string of the molecule is Cc1cccc([C@@H](C)CNCc2cnc(N3CCN(C)CC3)nc2)c1. The molecule has 1 aliphatic heterocycles. The van der Waals surface area contributed by atoms with E-state index in [1.54, 1.807) is 0 Å². The topological polar surface area (TPSA) is 44.3 Å². The van der Waals surface area contributed by atoms with Crippen molar-refractivity contribution in [1.82, 2.24) is 20.2 Å². The second-order valence-electron chi connectivity index (χ2n) is 7.13. The predicted molar refractivity (Wildman–Crippen MR) is 103 cm³/mol. The van der Waals surface area contributed by atoms with Crippen molar-refractivity contribution in [3.63, 3.8) is 0 Å². The van der Waals surface area contributed by atoms with Crippen LogP contribution in [0.5, 0.6) is 0 Å². The van der Waals surface area contributed by atoms with Gasteiger partial charge < -0.3 is 15.1 Å². The standard InChI is InChI=1S/C20H29N5/c1-16-5-4-6-19(11-16)17(2)12-21-13-18-14-22-20(23-15-18)25-9-7-24(3)8-10-25/h4-6,11,14-15,17,21H,7-10,12-13H2,1-3H3/t17-/m0/s1. The minimum absolute atomic E-state index is 0.491. The third kappa shape index (κ3) is 5.00. The summed E-state index contributed by atoms with van der Waals surface area (Å²) in [6.07, 6.45) is 3.90. The Balaban J connectivity index is 1.47. The maximum atomic E-state index is 4.55. The van der Waals surface area contributed by atoms with Gasteiger partial charge in [-0.3, -0.25) is 0 Å². The smallest absolute Gasteiger partial charge is 0.225 e. The van der Waals surface area contributed by atoms with Crippen molar-refractivity contribution in [2.75, 3.05) is 44.7 Å². The molecular formula is C20H29N5. The third-order valence-corrected chi connectivity index (χ3v) is 4.87. The summed E-state index contributed by atoms with van der Waals surface area (Å²) < 4.78 is 0. The van der Waals surface area contributed by atoms with E-state index in [1.807, 2.05) is 12.4 Å². The molecule has 0 radical (unpaired) electrons. The summed E-state index contributed by atoms with van der Waals surface area (Å²) in [5, 5.41) is 3.52. The molecule has 0 saturated carbocycles. The van der Waals surface area contributed by atoms with Gasteiger partial charge in [0.1, 0.15) is 0 Å². The summed E-state index contributed by atoms with van der Waals surface area (Å²) >= 11 is 0. The zero-order chi connectivity index (χ0) is 17.6. The van der Waals surface area contributed by atoms with Gasteiger partial charge in [0.05, 0.1) is 0 Å². The molecule has 1 aromatic carbocycles. The van der Waals surface area contributed by atoms with Crippen LogP contribution >= 0.6 is 0 Å². The number of nitrogens with one attached hydrogen (secondary N) is 1. The highest BCUT2D eigenvalue weighted by molar-refractivity contribution is 5.30. The lowest BCUT2D eigenvalue weighted by atomic mass is 9.99. The van der Waals surface area contributed by atoms with Crippen LogP contribution in [0.25, 0.3) is 0 Å². The first-order valence-electron chi connectivity index (χ1n) is 9.13. The van der Waals surface area contributed by atoms with E-state index in [2.05, 4.69) is 70.2 Å². The lowest BCUT2D eigenvalue weighted by molar-refractivity contribution is 0.311. The Bertz CT molecular complexity index is 662. The molecule has 5 heteroatoms. The molecule has 1 aliphatic rings. The van der Waals surface area contributed by atoms with E-state index >= 15 is 0 Å². The van der Waals surface area contributed by atoms with Crippen LogP contribution in [0.1, 0.15) is 29.5 Å². The molecule has 3 rings (SSSR count). The largest absolute Gasteiger partial charge is 0.338 e. The van der Waals surface area contributed by atoms with Gasteiger partial charge in [-0.25, -0.2) is 9.97 Å². The molecule has 1 atom stereocenters. The highest BCUT2D eigenvalue weighted by Crippen LogP contribution is 2.16. The lowest BCUT2D eigenvalue weighted by Gasteiger charge is -2.32. The highest BCUT2D eigenvalue weighted by Gasteiger charge is 2.16. The van der Waals surface area contributed by atoms with Gasteiger partial charge in [0.2, 0.25) is 5.95 Å². The molecule has 2 heterocycles. The molecule has 0 aliphatic carbocycles. The molecule has 0 unspecified atom stereocenters. The van der Waals surface area contributed by atoms with E-state index < -0.39 is 0 Å². The Morgan fingerprint density at radius 1 is 1.12 bits per heavy atom. The van der Waals surface area contributed by atoms with Crippen LogP contribution < -0.4 is 10.2 Å². The maximum absolute atomic E-state index is 4.55. The second kappa shape index (κ2) is 8.41. The zero-order valence-corrected chi connectivity index (χ0v) is 15.6. The Labute approximate surface area is 151 Å². The number of likely N-dealkylation sites (N-methyl/N-ethyl adjacent to an activating group) is 1. The Kier molecular flexibility index (Phi) is 6.00. The fourth-order valence-electron chi connectivity index (χ4n) is 3.14. The monoisotopic (exact) mass is 339 g/mol. The molecule has 134 valence electrons. The maximum Gasteiger partial charge on any atom is 0.225 e. The predicted octanol–water partition coefficient (Wildman–Crippen LogP) is 2.43. The number of hydrogen-bond donors (Lipinski definition) is 1. The average molecular weight is 339 g/mol. The van der Waals surface area contributed by atoms with Gasteiger partial charge in [-0.15, -0.1) is 0 Å². The number of anilines is 1. The van der Waals surface area contributed by atoms with Crippen LogP contribution in [0.4, 0.5) is 5.95 Å². The Morgan fingerprint density at radius 3 is 2.52 bits per heavy atom. The van der Waals surface area contributed by atoms with Gasteiger partial charge in [-0.1, -0.05) is 36.8 Å². The molecule has 1 aromatic heterocycles. The van der Waals surface area contributed by atoms with Crippen molar-refractivity contribution < 1.29 is 0 Å². The molecule has 0 bridgehead atoms. The highest BCUT2D eigenvalue weighted by atomic mass is 15.3. The number of piperazine rings is 1. The van der Waals surface area contributed by atoms with Crippen molar-refractivity contribution in [2.24, 2.45) is 0 Å². The first-order chi connectivity index (χ1) is 12.1. The van der Waals surface area contributed by atoms with Crippen molar-refractivity contribution in [2.45, 2.75) is 26.3 Å². The van der Waals surface area contributed by atoms with E-state index in [1.165, 1.54) is 11.1 Å². The van der Waals surface area contributed by atoms with E-state index in [-0.39, 0.29) is 0 Å². The second-order valence-corrected chi connectivity index (χ2v) is 7.13. The minimum Gasteiger partial charge on any atom is -0.338 e. The van der Waals surface area contributed by atoms with Gasteiger partial charge in [0.25, 0.3) is 0 Å². The number of rotatable bonds is 6. The average Bonchev–Trinajstić information content (AvgIpc) is 2.63. The summed E-state index contributed by atoms with van der Waals surface area (Å²) in [5.74, 6) is 1.34. The fraction of sp³-hybridized carbons (Fsp3) is 0.500. The number of benzene rings is 1. The molecule has 5 nitrogen and oxygen atoms in total. The quantitative estimate of drug-likeness (QED) is 0.876. The minimum atomic E-state index is 0.491. The van der Waals surface area contributed by atoms with Crippen molar-refractivity contribution in [1.29, 1.82) is 0 Å². The van der Waals surface area contributed by atoms with Crippen LogP contribution in [-0.2, 0) is 6.54 Å². The van der Waals surface area contributed by atoms with Crippen LogP contribution in [-0.4, -0.2) is 54.6 Å². The van der Waals surface area contributed by atoms with Crippen LogP contribution in [0.2, 0.25) is 0 Å². The van der Waals surface area contributed by atoms with E-state index in [0.717, 1.165) is 50.8 Å². The van der Waals surface area contributed by atoms with Crippen LogP contribution in [0, 0.1) is 6.92 Å². The summed E-state index contributed by atoms with van der Waals surface area (Å²) in [5.41, 5.74) is 3.83. The molecule has 0 amide bonds. The van der Waals surface area contributed by atoms with Crippen molar-refractivity contribution in [3.8, 4) is 0 Å². The Morgan fingerprint density at radius 2 is 1.84 bits per heavy atom. The molecular weight excluding hydrogens is 310 g/mol. The molecule has 0 spiro atoms. The summed E-state index contributed by atoms with van der Waals surface area (Å²) in [6.45, 7) is 10.3. The normalized spacial score (nSPS) is 16.8. The van der Waals surface area contributed by atoms with Gasteiger partial charge >= 0.3 is 0 Å². The summed E-state index contributed by atoms with van der Waals surface area (Å²) in [6, 6.07) is 8.74. The summed E-state index contributed by atoms with van der Waals surface area (Å²) in [4.78, 5) is 13.7. The van der Waals surface area contributed by atoms with Crippen molar-refractivity contribution in [3.05, 3.63) is 53.3 Å². The van der Waals surface area contributed by atoms with Gasteiger partial charge in [-0.2, -0.15) is 0 Å². The first-order valence-corrected chi connectivity index (χ1v) is 9.13. The molecule has 2 aromatic rings. The molecule has 25 heavy (non-hydrogen) atoms. The molecule has 1 fully saturated rings. The lowest BCUT2D eigenvalue weighted by Crippen LogP contribution is -2.45. The zero-order valence-electron chi connectivity index (χ0n) is 15.6. The third-order valence-electron chi connectivity index (χ3n) is 4.87. The van der Waals surface area contributed by atoms with E-state index in [0.29, 0.717) is 5.92 Å². The fourth-order valence-corrected chi connectivity index (χ4v) is 3.14. The Hall–Kier alpha value is -1.98. The van der Waals surface area contributed by atoms with E-state index in [4.69, 9.17) is 0 Å². The van der Waals surface area contributed by atoms with Crippen molar-refractivity contribution >= 4 is 5.95 Å².